The zero-order chi connectivity index (χ0) is 14.5. The van der Waals surface area contributed by atoms with Crippen LogP contribution >= 0.6 is 0 Å². The van der Waals surface area contributed by atoms with E-state index in [1.807, 2.05) is 11.8 Å². The highest BCUT2D eigenvalue weighted by Gasteiger charge is 2.32. The molecule has 0 aromatic heterocycles. The number of urea groups is 1. The van der Waals surface area contributed by atoms with Crippen LogP contribution in [0.1, 0.15) is 51.9 Å². The molecule has 1 atom stereocenters. The third-order valence-electron chi connectivity index (χ3n) is 4.64. The van der Waals surface area contributed by atoms with Crippen LogP contribution < -0.4 is 0 Å². The summed E-state index contributed by atoms with van der Waals surface area (Å²) in [4.78, 5) is 27.3. The van der Waals surface area contributed by atoms with Gasteiger partial charge in [0.25, 0.3) is 0 Å². The smallest absolute Gasteiger partial charge is 0.320 e. The van der Waals surface area contributed by atoms with Gasteiger partial charge in [0.1, 0.15) is 0 Å². The Balaban J connectivity index is 1.96. The van der Waals surface area contributed by atoms with Crippen molar-refractivity contribution in [3.8, 4) is 0 Å². The molecule has 2 aliphatic rings. The lowest BCUT2D eigenvalue weighted by Gasteiger charge is -2.40. The van der Waals surface area contributed by atoms with E-state index >= 15 is 0 Å². The summed E-state index contributed by atoms with van der Waals surface area (Å²) in [6.07, 6.45) is 6.64. The lowest BCUT2D eigenvalue weighted by molar-refractivity contribution is -0.138. The van der Waals surface area contributed by atoms with Crippen LogP contribution in [0.3, 0.4) is 0 Å². The Kier molecular flexibility index (Phi) is 5.26. The molecule has 0 radical (unpaired) electrons. The van der Waals surface area contributed by atoms with E-state index in [2.05, 4.69) is 0 Å². The minimum absolute atomic E-state index is 0.0466. The van der Waals surface area contributed by atoms with Gasteiger partial charge >= 0.3 is 12.0 Å². The molecule has 0 aromatic carbocycles. The van der Waals surface area contributed by atoms with Crippen LogP contribution in [-0.2, 0) is 4.79 Å². The summed E-state index contributed by atoms with van der Waals surface area (Å²) >= 11 is 0. The molecule has 1 N–H and O–H groups in total. The van der Waals surface area contributed by atoms with E-state index in [1.54, 1.807) is 4.90 Å². The van der Waals surface area contributed by atoms with Crippen LogP contribution in [0.4, 0.5) is 4.79 Å². The fourth-order valence-electron chi connectivity index (χ4n) is 3.18. The van der Waals surface area contributed by atoms with E-state index in [4.69, 9.17) is 5.11 Å². The van der Waals surface area contributed by atoms with Crippen molar-refractivity contribution in [1.82, 2.24) is 9.80 Å². The maximum absolute atomic E-state index is 12.7. The molecule has 5 heteroatoms. The Labute approximate surface area is 120 Å². The molecule has 2 amide bonds. The fourth-order valence-corrected chi connectivity index (χ4v) is 3.18. The number of carboxylic acid groups (broad SMARTS) is 1. The standard InChI is InChI=1S/C15H26N2O3/c1-2-16(11-12-6-5-7-12)15(20)17-9-4-3-8-13(17)10-14(18)19/h12-13H,2-11H2,1H3,(H,18,19). The first-order chi connectivity index (χ1) is 9.61. The summed E-state index contributed by atoms with van der Waals surface area (Å²) in [6.45, 7) is 4.27. The van der Waals surface area contributed by atoms with Crippen molar-refractivity contribution in [2.45, 2.75) is 57.9 Å². The van der Waals surface area contributed by atoms with Gasteiger partial charge in [0, 0.05) is 25.7 Å². The quantitative estimate of drug-likeness (QED) is 0.843. The largest absolute Gasteiger partial charge is 0.481 e. The molecule has 1 saturated carbocycles. The van der Waals surface area contributed by atoms with Crippen molar-refractivity contribution in [2.75, 3.05) is 19.6 Å². The summed E-state index contributed by atoms with van der Waals surface area (Å²) in [5.74, 6) is -0.154. The summed E-state index contributed by atoms with van der Waals surface area (Å²) in [5, 5.41) is 9.00. The van der Waals surface area contributed by atoms with E-state index in [9.17, 15) is 9.59 Å². The molecule has 114 valence electrons. The molecule has 20 heavy (non-hydrogen) atoms. The van der Waals surface area contributed by atoms with E-state index in [-0.39, 0.29) is 18.5 Å². The van der Waals surface area contributed by atoms with Gasteiger partial charge in [-0.25, -0.2) is 4.79 Å². The molecule has 1 aliphatic carbocycles. The second-order valence-corrected chi connectivity index (χ2v) is 6.06. The average Bonchev–Trinajstić information content (AvgIpc) is 2.37. The highest BCUT2D eigenvalue weighted by Crippen LogP contribution is 2.28. The van der Waals surface area contributed by atoms with Crippen LogP contribution in [-0.4, -0.2) is 52.6 Å². The zero-order valence-corrected chi connectivity index (χ0v) is 12.4. The predicted octanol–water partition coefficient (Wildman–Crippen LogP) is 2.56. The molecule has 1 heterocycles. The van der Waals surface area contributed by atoms with Crippen LogP contribution in [0.2, 0.25) is 0 Å². The summed E-state index contributed by atoms with van der Waals surface area (Å²) in [7, 11) is 0. The number of amides is 2. The molecule has 2 fully saturated rings. The summed E-state index contributed by atoms with van der Waals surface area (Å²) < 4.78 is 0. The minimum atomic E-state index is -0.809. The number of hydrogen-bond donors (Lipinski definition) is 1. The van der Waals surface area contributed by atoms with Crippen LogP contribution in [0.5, 0.6) is 0 Å². The number of carboxylic acids is 1. The molecule has 5 nitrogen and oxygen atoms in total. The minimum Gasteiger partial charge on any atom is -0.481 e. The average molecular weight is 282 g/mol. The van der Waals surface area contributed by atoms with Gasteiger partial charge in [-0.05, 0) is 44.9 Å². The van der Waals surface area contributed by atoms with Gasteiger partial charge in [0.05, 0.1) is 6.42 Å². The Hall–Kier alpha value is -1.26. The molecule has 1 saturated heterocycles. The van der Waals surface area contributed by atoms with Gasteiger partial charge in [-0.1, -0.05) is 6.42 Å². The number of piperidine rings is 1. The van der Waals surface area contributed by atoms with Gasteiger partial charge < -0.3 is 14.9 Å². The van der Waals surface area contributed by atoms with Gasteiger partial charge in [-0.15, -0.1) is 0 Å². The Morgan fingerprint density at radius 2 is 1.95 bits per heavy atom. The normalized spacial score (nSPS) is 23.2. The van der Waals surface area contributed by atoms with Gasteiger partial charge in [-0.2, -0.15) is 0 Å². The number of rotatable bonds is 5. The maximum Gasteiger partial charge on any atom is 0.320 e. The van der Waals surface area contributed by atoms with Gasteiger partial charge in [0.15, 0.2) is 0 Å². The molecule has 0 aromatic rings. The number of likely N-dealkylation sites (tertiary alicyclic amines) is 1. The second-order valence-electron chi connectivity index (χ2n) is 6.06. The lowest BCUT2D eigenvalue weighted by Crippen LogP contribution is -2.52. The molecule has 0 bridgehead atoms. The van der Waals surface area contributed by atoms with Gasteiger partial charge in [-0.3, -0.25) is 4.79 Å². The topological polar surface area (TPSA) is 60.9 Å². The Morgan fingerprint density at radius 3 is 2.50 bits per heavy atom. The third kappa shape index (κ3) is 3.64. The number of nitrogens with zero attached hydrogens (tertiary/aromatic N) is 2. The first kappa shape index (κ1) is 15.1. The SMILES string of the molecule is CCN(CC1CCC1)C(=O)N1CCCCC1CC(=O)O. The van der Waals surface area contributed by atoms with Crippen molar-refractivity contribution in [2.24, 2.45) is 5.92 Å². The van der Waals surface area contributed by atoms with Crippen LogP contribution in [0, 0.1) is 5.92 Å². The highest BCUT2D eigenvalue weighted by molar-refractivity contribution is 5.76. The van der Waals surface area contributed by atoms with Crippen molar-refractivity contribution < 1.29 is 14.7 Å². The number of carbonyl (C=O) groups is 2. The summed E-state index contributed by atoms with van der Waals surface area (Å²) in [6, 6.07) is -0.0745. The molecule has 1 unspecified atom stereocenters. The van der Waals surface area contributed by atoms with E-state index in [0.29, 0.717) is 19.0 Å². The van der Waals surface area contributed by atoms with Crippen molar-refractivity contribution in [3.05, 3.63) is 0 Å². The summed E-state index contributed by atoms with van der Waals surface area (Å²) in [5.41, 5.74) is 0. The highest BCUT2D eigenvalue weighted by atomic mass is 16.4. The zero-order valence-electron chi connectivity index (χ0n) is 12.4. The van der Waals surface area contributed by atoms with E-state index in [1.165, 1.54) is 19.3 Å². The number of aliphatic carboxylic acids is 1. The lowest BCUT2D eigenvalue weighted by atomic mass is 9.85. The first-order valence-corrected chi connectivity index (χ1v) is 7.89. The van der Waals surface area contributed by atoms with E-state index in [0.717, 1.165) is 25.8 Å². The van der Waals surface area contributed by atoms with Crippen LogP contribution in [0.25, 0.3) is 0 Å². The van der Waals surface area contributed by atoms with Crippen LogP contribution in [0.15, 0.2) is 0 Å². The molecule has 0 spiro atoms. The van der Waals surface area contributed by atoms with Crippen molar-refractivity contribution >= 4 is 12.0 Å². The predicted molar refractivity (Wildman–Crippen MR) is 76.6 cm³/mol. The number of hydrogen-bond acceptors (Lipinski definition) is 2. The second kappa shape index (κ2) is 6.95. The number of carbonyl (C=O) groups excluding carboxylic acids is 1. The van der Waals surface area contributed by atoms with Gasteiger partial charge in [0.2, 0.25) is 0 Å². The van der Waals surface area contributed by atoms with E-state index < -0.39 is 5.97 Å². The monoisotopic (exact) mass is 282 g/mol. The Morgan fingerprint density at radius 1 is 1.20 bits per heavy atom. The maximum atomic E-state index is 12.7. The van der Waals surface area contributed by atoms with Crippen molar-refractivity contribution in [3.63, 3.8) is 0 Å². The molecule has 2 rings (SSSR count). The fraction of sp³-hybridized carbons (Fsp3) is 0.867. The first-order valence-electron chi connectivity index (χ1n) is 7.89. The molecular weight excluding hydrogens is 256 g/mol. The van der Waals surface area contributed by atoms with Crippen molar-refractivity contribution in [1.29, 1.82) is 0 Å². The Bertz CT molecular complexity index is 355. The third-order valence-corrected chi connectivity index (χ3v) is 4.64. The molecular formula is C15H26N2O3. The molecule has 1 aliphatic heterocycles.